The Morgan fingerprint density at radius 1 is 1.25 bits per heavy atom. The van der Waals surface area contributed by atoms with Gasteiger partial charge in [-0.2, -0.15) is 9.61 Å². The standard InChI is InChI=1S/C23H31N5O4/c1-14(2)13-27-21-17(5-4-16-8-10-26(11-9-16)15(3)29)12-24-28(21)23(32)19(22(27)31)20(30)25-18-6-7-18/h4-5,12,14,16,18,32H,6-11,13H2,1-3H3,(H,25,30)/b5-4+. The largest absolute Gasteiger partial charge is 0.492 e. The summed E-state index contributed by atoms with van der Waals surface area (Å²) in [6.45, 7) is 7.45. The molecular formula is C23H31N5O4. The van der Waals surface area contributed by atoms with Gasteiger partial charge in [0.2, 0.25) is 11.8 Å². The Balaban J connectivity index is 1.69. The number of aromatic hydroxyl groups is 1. The highest BCUT2D eigenvalue weighted by Crippen LogP contribution is 2.25. The number of carbonyl (C=O) groups excluding carboxylic acids is 2. The molecule has 0 aromatic carbocycles. The minimum absolute atomic E-state index is 0.0704. The minimum atomic E-state index is -0.556. The van der Waals surface area contributed by atoms with E-state index in [-0.39, 0.29) is 23.4 Å². The molecule has 1 saturated carbocycles. The van der Waals surface area contributed by atoms with Gasteiger partial charge in [-0.1, -0.05) is 26.0 Å². The highest BCUT2D eigenvalue weighted by atomic mass is 16.3. The number of likely N-dealkylation sites (tertiary alicyclic amines) is 1. The number of allylic oxidation sites excluding steroid dienone is 1. The number of carbonyl (C=O) groups is 2. The van der Waals surface area contributed by atoms with Crippen LogP contribution in [0.15, 0.2) is 17.1 Å². The molecule has 32 heavy (non-hydrogen) atoms. The molecule has 9 heteroatoms. The molecule has 1 saturated heterocycles. The maximum absolute atomic E-state index is 13.3. The first-order valence-corrected chi connectivity index (χ1v) is 11.3. The molecule has 4 rings (SSSR count). The summed E-state index contributed by atoms with van der Waals surface area (Å²) in [5, 5.41) is 17.8. The van der Waals surface area contributed by atoms with Crippen molar-refractivity contribution in [3.63, 3.8) is 0 Å². The van der Waals surface area contributed by atoms with Gasteiger partial charge in [-0.25, -0.2) is 0 Å². The lowest BCUT2D eigenvalue weighted by atomic mass is 9.96. The van der Waals surface area contributed by atoms with Crippen LogP contribution in [-0.4, -0.2) is 55.1 Å². The predicted molar refractivity (Wildman–Crippen MR) is 120 cm³/mol. The minimum Gasteiger partial charge on any atom is -0.492 e. The Bertz CT molecular complexity index is 1120. The highest BCUT2D eigenvalue weighted by Gasteiger charge is 2.30. The van der Waals surface area contributed by atoms with Gasteiger partial charge in [0.1, 0.15) is 5.65 Å². The van der Waals surface area contributed by atoms with E-state index in [9.17, 15) is 19.5 Å². The van der Waals surface area contributed by atoms with E-state index in [2.05, 4.69) is 16.5 Å². The zero-order valence-corrected chi connectivity index (χ0v) is 18.9. The van der Waals surface area contributed by atoms with Crippen LogP contribution < -0.4 is 10.9 Å². The molecule has 172 valence electrons. The molecule has 1 aliphatic carbocycles. The molecule has 0 bridgehead atoms. The van der Waals surface area contributed by atoms with Gasteiger partial charge >= 0.3 is 0 Å². The van der Waals surface area contributed by atoms with Gasteiger partial charge in [0, 0.05) is 38.2 Å². The fourth-order valence-corrected chi connectivity index (χ4v) is 4.20. The first-order valence-electron chi connectivity index (χ1n) is 11.3. The molecule has 0 atom stereocenters. The topological polar surface area (TPSA) is 109 Å². The number of nitrogens with zero attached hydrogens (tertiary/aromatic N) is 4. The average Bonchev–Trinajstić information content (AvgIpc) is 3.45. The predicted octanol–water partition coefficient (Wildman–Crippen LogP) is 2.02. The Hall–Kier alpha value is -3.10. The third-order valence-electron chi connectivity index (χ3n) is 6.13. The fourth-order valence-electron chi connectivity index (χ4n) is 4.20. The molecule has 2 aliphatic rings. The summed E-state index contributed by atoms with van der Waals surface area (Å²) in [6, 6.07) is 0.0704. The van der Waals surface area contributed by atoms with Crippen molar-refractivity contribution in [3.8, 4) is 5.88 Å². The van der Waals surface area contributed by atoms with Crippen molar-refractivity contribution in [1.29, 1.82) is 0 Å². The number of hydrogen-bond acceptors (Lipinski definition) is 5. The Morgan fingerprint density at radius 2 is 1.94 bits per heavy atom. The maximum Gasteiger partial charge on any atom is 0.270 e. The van der Waals surface area contributed by atoms with E-state index in [0.29, 0.717) is 23.7 Å². The van der Waals surface area contributed by atoms with E-state index in [1.54, 1.807) is 13.1 Å². The number of nitrogens with one attached hydrogen (secondary N) is 1. The van der Waals surface area contributed by atoms with Crippen LogP contribution in [0.3, 0.4) is 0 Å². The lowest BCUT2D eigenvalue weighted by molar-refractivity contribution is -0.129. The van der Waals surface area contributed by atoms with Crippen molar-refractivity contribution in [2.45, 2.75) is 59.0 Å². The average molecular weight is 442 g/mol. The van der Waals surface area contributed by atoms with Crippen LogP contribution in [0.4, 0.5) is 0 Å². The zero-order valence-electron chi connectivity index (χ0n) is 18.9. The second-order valence-electron chi connectivity index (χ2n) is 9.29. The van der Waals surface area contributed by atoms with Crippen molar-refractivity contribution >= 4 is 23.5 Å². The summed E-state index contributed by atoms with van der Waals surface area (Å²) in [7, 11) is 0. The normalized spacial score (nSPS) is 17.6. The molecule has 3 heterocycles. The highest BCUT2D eigenvalue weighted by molar-refractivity contribution is 5.96. The third-order valence-corrected chi connectivity index (χ3v) is 6.13. The van der Waals surface area contributed by atoms with E-state index in [1.165, 1.54) is 9.08 Å². The first kappa shape index (κ1) is 22.1. The summed E-state index contributed by atoms with van der Waals surface area (Å²) in [5.74, 6) is -0.410. The third kappa shape index (κ3) is 4.42. The second-order valence-corrected chi connectivity index (χ2v) is 9.29. The Labute approximate surface area is 186 Å². The van der Waals surface area contributed by atoms with Crippen molar-refractivity contribution in [2.75, 3.05) is 13.1 Å². The number of rotatable bonds is 6. The summed E-state index contributed by atoms with van der Waals surface area (Å²) in [5.41, 5.74) is 0.412. The fraction of sp³-hybridized carbons (Fsp3) is 0.565. The van der Waals surface area contributed by atoms with Gasteiger partial charge in [0.25, 0.3) is 11.5 Å². The van der Waals surface area contributed by atoms with Crippen molar-refractivity contribution in [1.82, 2.24) is 24.4 Å². The molecule has 0 unspecified atom stereocenters. The summed E-state index contributed by atoms with van der Waals surface area (Å²) < 4.78 is 2.82. The monoisotopic (exact) mass is 441 g/mol. The molecule has 0 spiro atoms. The Kier molecular flexibility index (Phi) is 6.08. The van der Waals surface area contributed by atoms with Crippen LogP contribution >= 0.6 is 0 Å². The smallest absolute Gasteiger partial charge is 0.270 e. The Morgan fingerprint density at radius 3 is 2.53 bits per heavy atom. The number of piperidine rings is 1. The van der Waals surface area contributed by atoms with Gasteiger partial charge in [-0.15, -0.1) is 0 Å². The molecule has 9 nitrogen and oxygen atoms in total. The molecule has 2 aromatic heterocycles. The van der Waals surface area contributed by atoms with Crippen LogP contribution in [-0.2, 0) is 11.3 Å². The summed E-state index contributed by atoms with van der Waals surface area (Å²) in [6.07, 6.45) is 9.15. The van der Waals surface area contributed by atoms with Crippen LogP contribution in [0.1, 0.15) is 62.4 Å². The van der Waals surface area contributed by atoms with Crippen molar-refractivity contribution in [3.05, 3.63) is 33.8 Å². The summed E-state index contributed by atoms with van der Waals surface area (Å²) in [4.78, 5) is 39.3. The van der Waals surface area contributed by atoms with E-state index >= 15 is 0 Å². The molecule has 2 aromatic rings. The number of hydrogen-bond donors (Lipinski definition) is 2. The lowest BCUT2D eigenvalue weighted by Gasteiger charge is -2.29. The van der Waals surface area contributed by atoms with Gasteiger partial charge in [0.15, 0.2) is 5.56 Å². The molecule has 2 fully saturated rings. The van der Waals surface area contributed by atoms with E-state index in [0.717, 1.165) is 38.8 Å². The summed E-state index contributed by atoms with van der Waals surface area (Å²) >= 11 is 0. The molecular weight excluding hydrogens is 410 g/mol. The molecule has 0 radical (unpaired) electrons. The van der Waals surface area contributed by atoms with Gasteiger partial charge < -0.3 is 15.3 Å². The van der Waals surface area contributed by atoms with E-state index in [4.69, 9.17) is 0 Å². The number of fused-ring (bicyclic) bond motifs is 1. The maximum atomic E-state index is 13.3. The quantitative estimate of drug-likeness (QED) is 0.713. The molecule has 2 amide bonds. The van der Waals surface area contributed by atoms with Gasteiger partial charge in [-0.05, 0) is 37.5 Å². The number of amides is 2. The van der Waals surface area contributed by atoms with Crippen molar-refractivity contribution in [2.24, 2.45) is 11.8 Å². The van der Waals surface area contributed by atoms with E-state index in [1.807, 2.05) is 24.8 Å². The number of aromatic nitrogens is 3. The van der Waals surface area contributed by atoms with Crippen LogP contribution in [0, 0.1) is 11.8 Å². The lowest BCUT2D eigenvalue weighted by Crippen LogP contribution is -2.36. The van der Waals surface area contributed by atoms with Crippen LogP contribution in [0.2, 0.25) is 0 Å². The first-order chi connectivity index (χ1) is 15.3. The molecule has 1 aliphatic heterocycles. The van der Waals surface area contributed by atoms with Crippen molar-refractivity contribution < 1.29 is 14.7 Å². The SMILES string of the molecule is CC(=O)N1CCC(/C=C/c2cnn3c(O)c(C(=O)NC4CC4)c(=O)n(CC(C)C)c23)CC1. The van der Waals surface area contributed by atoms with Gasteiger partial charge in [0.05, 0.1) is 6.20 Å². The van der Waals surface area contributed by atoms with Crippen LogP contribution in [0.25, 0.3) is 11.7 Å². The van der Waals surface area contributed by atoms with Crippen LogP contribution in [0.5, 0.6) is 5.88 Å². The van der Waals surface area contributed by atoms with Gasteiger partial charge in [-0.3, -0.25) is 19.0 Å². The zero-order chi connectivity index (χ0) is 23.0. The molecule has 2 N–H and O–H groups in total. The van der Waals surface area contributed by atoms with E-state index < -0.39 is 17.3 Å². The second kappa shape index (κ2) is 8.80.